The van der Waals surface area contributed by atoms with E-state index in [4.69, 9.17) is 0 Å². The average molecular weight is 212 g/mol. The van der Waals surface area contributed by atoms with E-state index in [2.05, 4.69) is 20.2 Å². The number of hydrogen-bond donors (Lipinski definition) is 2. The van der Waals surface area contributed by atoms with Crippen LogP contribution >= 0.6 is 11.5 Å². The molecule has 0 radical (unpaired) electrons. The van der Waals surface area contributed by atoms with Crippen LogP contribution in [-0.4, -0.2) is 34.6 Å². The van der Waals surface area contributed by atoms with E-state index in [0.29, 0.717) is 17.5 Å². The summed E-state index contributed by atoms with van der Waals surface area (Å²) in [4.78, 5) is 12.0. The molecule has 1 fully saturated rings. The summed E-state index contributed by atoms with van der Waals surface area (Å²) < 4.78 is 3.64. The number of hydrogen-bond acceptors (Lipinski definition) is 5. The molecule has 0 bridgehead atoms. The molecule has 1 aromatic rings. The molecule has 14 heavy (non-hydrogen) atoms. The van der Waals surface area contributed by atoms with Crippen molar-refractivity contribution >= 4 is 17.4 Å². The molecule has 0 spiro atoms. The van der Waals surface area contributed by atoms with Gasteiger partial charge in [0.15, 0.2) is 0 Å². The fraction of sp³-hybridized carbons (Fsp3) is 0.625. The normalized spacial score (nSPS) is 21.0. The lowest BCUT2D eigenvalue weighted by Gasteiger charge is -2.09. The van der Waals surface area contributed by atoms with Crippen LogP contribution in [0, 0.1) is 0 Å². The van der Waals surface area contributed by atoms with Gasteiger partial charge in [-0.2, -0.15) is 0 Å². The predicted molar refractivity (Wildman–Crippen MR) is 53.3 cm³/mol. The lowest BCUT2D eigenvalue weighted by atomic mass is 10.2. The van der Waals surface area contributed by atoms with Gasteiger partial charge in [-0.05, 0) is 30.9 Å². The fourth-order valence-electron chi connectivity index (χ4n) is 1.50. The predicted octanol–water partition coefficient (Wildman–Crippen LogP) is 0.0199. The Balaban J connectivity index is 1.78. The first kappa shape index (κ1) is 9.54. The Hall–Kier alpha value is -1.01. The van der Waals surface area contributed by atoms with Gasteiger partial charge in [-0.3, -0.25) is 4.79 Å². The Morgan fingerprint density at radius 1 is 1.79 bits per heavy atom. The summed E-state index contributed by atoms with van der Waals surface area (Å²) in [6, 6.07) is 0.430. The van der Waals surface area contributed by atoms with Crippen LogP contribution in [0.15, 0.2) is 6.20 Å². The second kappa shape index (κ2) is 4.47. The number of aromatic nitrogens is 2. The summed E-state index contributed by atoms with van der Waals surface area (Å²) in [7, 11) is 0. The second-order valence-corrected chi connectivity index (χ2v) is 4.07. The van der Waals surface area contributed by atoms with E-state index in [9.17, 15) is 4.79 Å². The summed E-state index contributed by atoms with van der Waals surface area (Å²) >= 11 is 1.12. The summed E-state index contributed by atoms with van der Waals surface area (Å²) in [5, 5.41) is 9.79. The van der Waals surface area contributed by atoms with Crippen LogP contribution in [0.2, 0.25) is 0 Å². The van der Waals surface area contributed by atoms with E-state index >= 15 is 0 Å². The molecule has 1 amide bonds. The van der Waals surface area contributed by atoms with Crippen molar-refractivity contribution < 1.29 is 4.79 Å². The van der Waals surface area contributed by atoms with Crippen molar-refractivity contribution in [3.63, 3.8) is 0 Å². The van der Waals surface area contributed by atoms with Gasteiger partial charge >= 0.3 is 0 Å². The maximum absolute atomic E-state index is 11.5. The molecule has 0 saturated carbocycles. The Morgan fingerprint density at radius 3 is 3.36 bits per heavy atom. The highest BCUT2D eigenvalue weighted by Gasteiger charge is 2.15. The van der Waals surface area contributed by atoms with E-state index < -0.39 is 0 Å². The largest absolute Gasteiger partial charge is 0.350 e. The van der Waals surface area contributed by atoms with E-state index in [1.165, 1.54) is 12.6 Å². The number of amides is 1. The van der Waals surface area contributed by atoms with Gasteiger partial charge in [-0.15, -0.1) is 5.10 Å². The zero-order chi connectivity index (χ0) is 9.80. The van der Waals surface area contributed by atoms with Crippen LogP contribution in [-0.2, 0) is 0 Å². The van der Waals surface area contributed by atoms with Crippen molar-refractivity contribution in [1.29, 1.82) is 0 Å². The molecule has 1 aliphatic rings. The van der Waals surface area contributed by atoms with Gasteiger partial charge in [0.2, 0.25) is 0 Å². The Morgan fingerprint density at radius 2 is 2.71 bits per heavy atom. The molecule has 1 saturated heterocycles. The molecule has 1 atom stereocenters. The third-order valence-corrected chi connectivity index (χ3v) is 2.92. The third kappa shape index (κ3) is 2.27. The average Bonchev–Trinajstić information content (AvgIpc) is 2.87. The van der Waals surface area contributed by atoms with E-state index in [-0.39, 0.29) is 5.91 Å². The Bertz CT molecular complexity index is 294. The minimum Gasteiger partial charge on any atom is -0.350 e. The van der Waals surface area contributed by atoms with Gasteiger partial charge in [-0.25, -0.2) is 0 Å². The minimum atomic E-state index is -0.0753. The highest BCUT2D eigenvalue weighted by atomic mass is 32.1. The summed E-state index contributed by atoms with van der Waals surface area (Å²) in [6.07, 6.45) is 3.83. The maximum atomic E-state index is 11.5. The summed E-state index contributed by atoms with van der Waals surface area (Å²) in [5.41, 5.74) is 0. The molecule has 2 rings (SSSR count). The number of nitrogens with one attached hydrogen (secondary N) is 2. The molecule has 2 N–H and O–H groups in total. The fourth-order valence-corrected chi connectivity index (χ4v) is 1.93. The van der Waals surface area contributed by atoms with Crippen LogP contribution in [0.1, 0.15) is 22.5 Å². The minimum absolute atomic E-state index is 0.0753. The lowest BCUT2D eigenvalue weighted by molar-refractivity contribution is 0.0954. The first-order valence-electron chi connectivity index (χ1n) is 4.65. The molecule has 76 valence electrons. The quantitative estimate of drug-likeness (QED) is 0.741. The second-order valence-electron chi connectivity index (χ2n) is 3.29. The maximum Gasteiger partial charge on any atom is 0.264 e. The molecule has 1 aromatic heterocycles. The first-order chi connectivity index (χ1) is 6.86. The van der Waals surface area contributed by atoms with Gasteiger partial charge in [0.1, 0.15) is 4.88 Å². The smallest absolute Gasteiger partial charge is 0.264 e. The summed E-state index contributed by atoms with van der Waals surface area (Å²) in [6.45, 7) is 1.75. The molecular formula is C8H12N4OS. The molecule has 2 heterocycles. The van der Waals surface area contributed by atoms with Crippen LogP contribution < -0.4 is 10.6 Å². The number of carbonyl (C=O) groups is 1. The number of nitrogens with zero attached hydrogens (tertiary/aromatic N) is 2. The van der Waals surface area contributed by atoms with E-state index in [1.54, 1.807) is 0 Å². The molecule has 0 aromatic carbocycles. The van der Waals surface area contributed by atoms with Crippen molar-refractivity contribution in [3.8, 4) is 0 Å². The van der Waals surface area contributed by atoms with Gasteiger partial charge in [0.05, 0.1) is 6.20 Å². The number of carbonyl (C=O) groups excluding carboxylic acids is 1. The standard InChI is InChI=1S/C8H12N4OS/c13-8(7-5-11-12-14-7)10-4-6-2-1-3-9-6/h5-6,9H,1-4H2,(H,10,13). The van der Waals surface area contributed by atoms with E-state index in [1.807, 2.05) is 0 Å². The molecule has 5 nitrogen and oxygen atoms in total. The highest BCUT2D eigenvalue weighted by Crippen LogP contribution is 2.05. The Kier molecular flexibility index (Phi) is 3.05. The lowest BCUT2D eigenvalue weighted by Crippen LogP contribution is -2.36. The van der Waals surface area contributed by atoms with Crippen LogP contribution in [0.5, 0.6) is 0 Å². The first-order valence-corrected chi connectivity index (χ1v) is 5.42. The van der Waals surface area contributed by atoms with Crippen molar-refractivity contribution in [3.05, 3.63) is 11.1 Å². The molecule has 1 unspecified atom stereocenters. The van der Waals surface area contributed by atoms with Gasteiger partial charge in [0, 0.05) is 12.6 Å². The van der Waals surface area contributed by atoms with Gasteiger partial charge in [-0.1, -0.05) is 4.49 Å². The summed E-state index contributed by atoms with van der Waals surface area (Å²) in [5.74, 6) is -0.0753. The van der Waals surface area contributed by atoms with Crippen LogP contribution in [0.25, 0.3) is 0 Å². The van der Waals surface area contributed by atoms with Gasteiger partial charge < -0.3 is 10.6 Å². The van der Waals surface area contributed by atoms with E-state index in [0.717, 1.165) is 24.5 Å². The zero-order valence-corrected chi connectivity index (χ0v) is 8.51. The molecular weight excluding hydrogens is 200 g/mol. The zero-order valence-electron chi connectivity index (χ0n) is 7.69. The van der Waals surface area contributed by atoms with Gasteiger partial charge in [0.25, 0.3) is 5.91 Å². The highest BCUT2D eigenvalue weighted by molar-refractivity contribution is 7.07. The van der Waals surface area contributed by atoms with Crippen molar-refractivity contribution in [2.24, 2.45) is 0 Å². The molecule has 1 aliphatic heterocycles. The third-order valence-electron chi connectivity index (χ3n) is 2.26. The molecule has 6 heteroatoms. The molecule has 0 aliphatic carbocycles. The topological polar surface area (TPSA) is 66.9 Å². The van der Waals surface area contributed by atoms with Crippen molar-refractivity contribution in [1.82, 2.24) is 20.2 Å². The van der Waals surface area contributed by atoms with Crippen molar-refractivity contribution in [2.75, 3.05) is 13.1 Å². The monoisotopic (exact) mass is 212 g/mol. The Labute approximate surface area is 86.1 Å². The SMILES string of the molecule is O=C(NCC1CCCN1)c1cnns1. The van der Waals surface area contributed by atoms with Crippen molar-refractivity contribution in [2.45, 2.75) is 18.9 Å². The van der Waals surface area contributed by atoms with Crippen LogP contribution in [0.3, 0.4) is 0 Å². The number of rotatable bonds is 3. The van der Waals surface area contributed by atoms with Crippen LogP contribution in [0.4, 0.5) is 0 Å².